The van der Waals surface area contributed by atoms with Crippen LogP contribution in [0, 0.1) is 0 Å². The number of carbonyl (C=O) groups is 5. The van der Waals surface area contributed by atoms with E-state index in [1.807, 2.05) is 5.32 Å². The molecule has 1 fully saturated rings. The van der Waals surface area contributed by atoms with E-state index in [1.54, 1.807) is 0 Å². The summed E-state index contributed by atoms with van der Waals surface area (Å²) in [4.78, 5) is 58.3. The zero-order valence-electron chi connectivity index (χ0n) is 9.97. The summed E-state index contributed by atoms with van der Waals surface area (Å²) < 4.78 is 4.93. The van der Waals surface area contributed by atoms with Crippen LogP contribution in [0.2, 0.25) is 0 Å². The van der Waals surface area contributed by atoms with Gasteiger partial charge in [-0.15, -0.1) is 0 Å². The molecule has 0 aromatic rings. The van der Waals surface area contributed by atoms with Crippen LogP contribution in [0.5, 0.6) is 0 Å². The first-order valence-corrected chi connectivity index (χ1v) is 5.53. The van der Waals surface area contributed by atoms with Crippen LogP contribution in [0.4, 0.5) is 0 Å². The van der Waals surface area contributed by atoms with E-state index in [9.17, 15) is 24.0 Å². The first-order valence-electron chi connectivity index (χ1n) is 5.53. The maximum atomic E-state index is 11.9. The van der Waals surface area contributed by atoms with Gasteiger partial charge >= 0.3 is 5.97 Å². The third kappa shape index (κ3) is 1.90. The molecule has 0 bridgehead atoms. The molecule has 0 saturated carbocycles. The van der Waals surface area contributed by atoms with Crippen molar-refractivity contribution in [2.24, 2.45) is 0 Å². The fourth-order valence-electron chi connectivity index (χ4n) is 1.89. The number of esters is 1. The molecule has 0 aromatic carbocycles. The first kappa shape index (κ1) is 12.9. The average molecular weight is 266 g/mol. The quantitative estimate of drug-likeness (QED) is 0.497. The van der Waals surface area contributed by atoms with Crippen molar-refractivity contribution in [3.05, 3.63) is 12.2 Å². The minimum atomic E-state index is -2.21. The zero-order valence-corrected chi connectivity index (χ0v) is 9.97. The summed E-state index contributed by atoms with van der Waals surface area (Å²) in [5, 5.41) is 1.93. The van der Waals surface area contributed by atoms with Gasteiger partial charge in [0.25, 0.3) is 23.4 Å². The second kappa shape index (κ2) is 4.30. The third-order valence-electron chi connectivity index (χ3n) is 2.75. The lowest BCUT2D eigenvalue weighted by molar-refractivity contribution is -0.191. The molecule has 2 heterocycles. The Hall–Kier alpha value is -2.51. The molecule has 1 N–H and O–H groups in total. The Morgan fingerprint density at radius 1 is 1.32 bits per heavy atom. The number of amides is 4. The van der Waals surface area contributed by atoms with Crippen molar-refractivity contribution in [3.8, 4) is 0 Å². The van der Waals surface area contributed by atoms with Crippen LogP contribution in [0.25, 0.3) is 0 Å². The molecule has 0 radical (unpaired) electrons. The Balaban J connectivity index is 2.43. The molecule has 2 aliphatic heterocycles. The van der Waals surface area contributed by atoms with Gasteiger partial charge in [0.05, 0.1) is 6.42 Å². The second-order valence-electron chi connectivity index (χ2n) is 4.01. The van der Waals surface area contributed by atoms with Crippen LogP contribution >= 0.6 is 0 Å². The van der Waals surface area contributed by atoms with E-state index in [1.165, 1.54) is 6.92 Å². The number of imide groups is 2. The highest BCUT2D eigenvalue weighted by molar-refractivity contribution is 6.19. The predicted octanol–water partition coefficient (Wildman–Crippen LogP) is -1.39. The van der Waals surface area contributed by atoms with Gasteiger partial charge in [-0.2, -0.15) is 0 Å². The molecule has 2 rings (SSSR count). The lowest BCUT2D eigenvalue weighted by atomic mass is 10.1. The summed E-state index contributed by atoms with van der Waals surface area (Å²) in [6, 6.07) is 0. The fourth-order valence-corrected chi connectivity index (χ4v) is 1.89. The summed E-state index contributed by atoms with van der Waals surface area (Å²) in [7, 11) is 0. The fraction of sp³-hybridized carbons (Fsp3) is 0.364. The Labute approximate surface area is 107 Å². The molecule has 0 aliphatic carbocycles. The van der Waals surface area contributed by atoms with Gasteiger partial charge < -0.3 is 4.74 Å². The van der Waals surface area contributed by atoms with Crippen molar-refractivity contribution < 1.29 is 28.7 Å². The lowest BCUT2D eigenvalue weighted by Gasteiger charge is -2.32. The highest BCUT2D eigenvalue weighted by atomic mass is 16.6. The van der Waals surface area contributed by atoms with Crippen LogP contribution < -0.4 is 5.32 Å². The molecular weight excluding hydrogens is 256 g/mol. The molecule has 2 aliphatic rings. The summed E-state index contributed by atoms with van der Waals surface area (Å²) in [5.41, 5.74) is -2.21. The van der Waals surface area contributed by atoms with Crippen molar-refractivity contribution in [3.63, 3.8) is 0 Å². The van der Waals surface area contributed by atoms with Crippen LogP contribution in [0.15, 0.2) is 12.2 Å². The lowest BCUT2D eigenvalue weighted by Crippen LogP contribution is -2.59. The predicted molar refractivity (Wildman–Crippen MR) is 57.9 cm³/mol. The second-order valence-corrected chi connectivity index (χ2v) is 4.01. The number of rotatable bonds is 3. The number of nitrogens with one attached hydrogen (secondary N) is 1. The van der Waals surface area contributed by atoms with Gasteiger partial charge in [-0.05, 0) is 0 Å². The summed E-state index contributed by atoms with van der Waals surface area (Å²) >= 11 is 0. The van der Waals surface area contributed by atoms with Gasteiger partial charge in [-0.3, -0.25) is 29.3 Å². The van der Waals surface area contributed by atoms with Gasteiger partial charge in [-0.25, -0.2) is 4.90 Å². The molecule has 19 heavy (non-hydrogen) atoms. The van der Waals surface area contributed by atoms with Gasteiger partial charge in [0, 0.05) is 18.6 Å². The Morgan fingerprint density at radius 3 is 2.32 bits per heavy atom. The Kier molecular flexibility index (Phi) is 2.93. The largest absolute Gasteiger partial charge is 0.428 e. The summed E-state index contributed by atoms with van der Waals surface area (Å²) in [5.74, 6) is -4.12. The zero-order chi connectivity index (χ0) is 14.2. The molecule has 8 nitrogen and oxygen atoms in total. The Bertz CT molecular complexity index is 519. The SMILES string of the molecule is CCC(=O)OC1(N2C(=O)C=CC2=O)CC(=O)NC1=O. The molecule has 1 saturated heterocycles. The van der Waals surface area contributed by atoms with E-state index < -0.39 is 41.7 Å². The smallest absolute Gasteiger partial charge is 0.308 e. The van der Waals surface area contributed by atoms with Crippen molar-refractivity contribution in [1.82, 2.24) is 10.2 Å². The van der Waals surface area contributed by atoms with Crippen molar-refractivity contribution >= 4 is 29.6 Å². The number of nitrogens with zero attached hydrogens (tertiary/aromatic N) is 1. The summed E-state index contributed by atoms with van der Waals surface area (Å²) in [6.07, 6.45) is 1.24. The van der Waals surface area contributed by atoms with Gasteiger partial charge in [0.15, 0.2) is 0 Å². The highest BCUT2D eigenvalue weighted by Gasteiger charge is 2.59. The molecule has 8 heteroatoms. The molecule has 1 unspecified atom stereocenters. The van der Waals surface area contributed by atoms with Gasteiger partial charge in [0.2, 0.25) is 5.91 Å². The van der Waals surface area contributed by atoms with Gasteiger partial charge in [-0.1, -0.05) is 6.92 Å². The molecule has 0 spiro atoms. The minimum Gasteiger partial charge on any atom is -0.428 e. The van der Waals surface area contributed by atoms with E-state index in [0.29, 0.717) is 4.90 Å². The van der Waals surface area contributed by atoms with Crippen molar-refractivity contribution in [1.29, 1.82) is 0 Å². The maximum absolute atomic E-state index is 11.9. The monoisotopic (exact) mass is 266 g/mol. The topological polar surface area (TPSA) is 110 Å². The molecule has 100 valence electrons. The summed E-state index contributed by atoms with van der Waals surface area (Å²) in [6.45, 7) is 1.48. The normalized spacial score (nSPS) is 26.1. The number of ether oxygens (including phenoxy) is 1. The van der Waals surface area contributed by atoms with E-state index in [-0.39, 0.29) is 6.42 Å². The van der Waals surface area contributed by atoms with Crippen LogP contribution in [0.3, 0.4) is 0 Å². The van der Waals surface area contributed by atoms with Crippen LogP contribution in [0.1, 0.15) is 19.8 Å². The van der Waals surface area contributed by atoms with Crippen LogP contribution in [-0.4, -0.2) is 40.2 Å². The van der Waals surface area contributed by atoms with Crippen LogP contribution in [-0.2, 0) is 28.7 Å². The maximum Gasteiger partial charge on any atom is 0.308 e. The average Bonchev–Trinajstić information content (AvgIpc) is 2.80. The first-order chi connectivity index (χ1) is 8.90. The minimum absolute atomic E-state index is 0.0626. The van der Waals surface area contributed by atoms with E-state index in [0.717, 1.165) is 12.2 Å². The van der Waals surface area contributed by atoms with E-state index in [4.69, 9.17) is 4.74 Å². The molecule has 1 atom stereocenters. The highest BCUT2D eigenvalue weighted by Crippen LogP contribution is 2.30. The van der Waals surface area contributed by atoms with E-state index in [2.05, 4.69) is 0 Å². The molecule has 4 amide bonds. The van der Waals surface area contributed by atoms with Crippen molar-refractivity contribution in [2.45, 2.75) is 25.5 Å². The van der Waals surface area contributed by atoms with E-state index >= 15 is 0 Å². The van der Waals surface area contributed by atoms with Crippen molar-refractivity contribution in [2.75, 3.05) is 0 Å². The molecule has 0 aromatic heterocycles. The number of hydrogen-bond acceptors (Lipinski definition) is 6. The number of carbonyl (C=O) groups excluding carboxylic acids is 5. The Morgan fingerprint density at radius 2 is 1.89 bits per heavy atom. The van der Waals surface area contributed by atoms with Gasteiger partial charge in [0.1, 0.15) is 0 Å². The number of hydrogen-bond donors (Lipinski definition) is 1. The standard InChI is InChI=1S/C11H10N2O6/c1-2-9(17)19-11(5-6(14)12-10(11)18)13-7(15)3-4-8(13)16/h3-4H,2,5H2,1H3,(H,12,14,18). The molecular formula is C11H10N2O6. The third-order valence-corrected chi connectivity index (χ3v) is 2.75.